The highest BCUT2D eigenvalue weighted by Gasteiger charge is 2.21. The Hall–Kier alpha value is -1.43. The van der Waals surface area contributed by atoms with E-state index in [1.165, 1.54) is 0 Å². The van der Waals surface area contributed by atoms with Crippen LogP contribution < -0.4 is 10.6 Å². The molecule has 1 amide bonds. The molecule has 88 valence electrons. The molecular weight excluding hydrogens is 208 g/mol. The molecule has 2 heterocycles. The Balaban J connectivity index is 1.69. The summed E-state index contributed by atoms with van der Waals surface area (Å²) >= 11 is 0. The van der Waals surface area contributed by atoms with E-state index >= 15 is 0 Å². The van der Waals surface area contributed by atoms with Crippen LogP contribution in [0.2, 0.25) is 0 Å². The maximum absolute atomic E-state index is 11.6. The normalized spacial score (nSPS) is 19.9. The van der Waals surface area contributed by atoms with Crippen LogP contribution >= 0.6 is 0 Å². The molecule has 0 spiro atoms. The van der Waals surface area contributed by atoms with Crippen LogP contribution in [0, 0.1) is 6.92 Å². The zero-order chi connectivity index (χ0) is 11.4. The fourth-order valence-electron chi connectivity index (χ4n) is 1.77. The molecule has 1 aliphatic rings. The summed E-state index contributed by atoms with van der Waals surface area (Å²) in [4.78, 5) is 15.7. The average Bonchev–Trinajstić information content (AvgIpc) is 2.89. The van der Waals surface area contributed by atoms with Crippen LogP contribution in [0.3, 0.4) is 0 Å². The molecule has 0 bridgehead atoms. The second-order valence-electron chi connectivity index (χ2n) is 3.92. The largest absolute Gasteiger partial charge is 0.354 e. The number of carbonyl (C=O) groups is 1. The highest BCUT2D eigenvalue weighted by Crippen LogP contribution is 2.04. The minimum absolute atomic E-state index is 0.0213. The van der Waals surface area contributed by atoms with Crippen molar-refractivity contribution in [1.82, 2.24) is 20.8 Å². The molecular formula is C10H16N4O2. The topological polar surface area (TPSA) is 80.0 Å². The van der Waals surface area contributed by atoms with Crippen molar-refractivity contribution in [2.75, 3.05) is 13.1 Å². The van der Waals surface area contributed by atoms with Crippen molar-refractivity contribution in [3.8, 4) is 0 Å². The summed E-state index contributed by atoms with van der Waals surface area (Å²) in [5.41, 5.74) is 0. The summed E-state index contributed by atoms with van der Waals surface area (Å²) in [6.07, 6.45) is 2.60. The first kappa shape index (κ1) is 11.1. The van der Waals surface area contributed by atoms with Gasteiger partial charge in [0.1, 0.15) is 0 Å². The molecule has 0 radical (unpaired) electrons. The predicted molar refractivity (Wildman–Crippen MR) is 56.8 cm³/mol. The van der Waals surface area contributed by atoms with Gasteiger partial charge in [-0.05, 0) is 19.4 Å². The molecule has 0 aliphatic carbocycles. The molecule has 1 saturated heterocycles. The molecule has 0 saturated carbocycles. The zero-order valence-electron chi connectivity index (χ0n) is 9.32. The number of aromatic nitrogens is 2. The monoisotopic (exact) mass is 224 g/mol. The maximum Gasteiger partial charge on any atom is 0.237 e. The Bertz CT molecular complexity index is 357. The van der Waals surface area contributed by atoms with Gasteiger partial charge < -0.3 is 15.2 Å². The number of hydrogen-bond acceptors (Lipinski definition) is 5. The van der Waals surface area contributed by atoms with Gasteiger partial charge in [0.25, 0.3) is 0 Å². The molecule has 0 unspecified atom stereocenters. The summed E-state index contributed by atoms with van der Waals surface area (Å²) in [5, 5.41) is 9.76. The fraction of sp³-hybridized carbons (Fsp3) is 0.700. The number of nitrogens with zero attached hydrogens (tertiary/aromatic N) is 2. The van der Waals surface area contributed by atoms with E-state index in [-0.39, 0.29) is 11.9 Å². The predicted octanol–water partition coefficient (Wildman–Crippen LogP) is -0.211. The summed E-state index contributed by atoms with van der Waals surface area (Å²) < 4.78 is 4.84. The van der Waals surface area contributed by atoms with Gasteiger partial charge >= 0.3 is 0 Å². The van der Waals surface area contributed by atoms with Crippen molar-refractivity contribution in [2.24, 2.45) is 0 Å². The van der Waals surface area contributed by atoms with Gasteiger partial charge in [0.15, 0.2) is 5.82 Å². The molecule has 6 nitrogen and oxygen atoms in total. The van der Waals surface area contributed by atoms with Gasteiger partial charge in [-0.3, -0.25) is 4.79 Å². The van der Waals surface area contributed by atoms with Crippen LogP contribution in [0.5, 0.6) is 0 Å². The Morgan fingerprint density at radius 1 is 1.69 bits per heavy atom. The lowest BCUT2D eigenvalue weighted by Gasteiger charge is -2.09. The molecule has 16 heavy (non-hydrogen) atoms. The molecule has 1 aliphatic heterocycles. The minimum atomic E-state index is -0.0213. The lowest BCUT2D eigenvalue weighted by molar-refractivity contribution is -0.122. The summed E-state index contributed by atoms with van der Waals surface area (Å²) in [6.45, 7) is 3.23. The van der Waals surface area contributed by atoms with E-state index in [0.717, 1.165) is 19.4 Å². The number of nitrogens with one attached hydrogen (secondary N) is 2. The van der Waals surface area contributed by atoms with Gasteiger partial charge in [0, 0.05) is 19.9 Å². The fourth-order valence-corrected chi connectivity index (χ4v) is 1.77. The van der Waals surface area contributed by atoms with E-state index in [9.17, 15) is 4.79 Å². The van der Waals surface area contributed by atoms with E-state index < -0.39 is 0 Å². The second kappa shape index (κ2) is 5.07. The standard InChI is InChI=1S/C10H16N4O2/c1-7-13-9(14-16-7)4-6-12-10(15)8-3-2-5-11-8/h8,11H,2-6H2,1H3,(H,12,15)/t8-/m1/s1. The number of aryl methyl sites for hydroxylation is 1. The van der Waals surface area contributed by atoms with Crippen molar-refractivity contribution < 1.29 is 9.32 Å². The SMILES string of the molecule is Cc1nc(CCNC(=O)[C@H]2CCCN2)no1. The quantitative estimate of drug-likeness (QED) is 0.739. The third-order valence-electron chi connectivity index (χ3n) is 2.59. The highest BCUT2D eigenvalue weighted by molar-refractivity contribution is 5.81. The van der Waals surface area contributed by atoms with Crippen LogP contribution in [0.25, 0.3) is 0 Å². The first-order valence-corrected chi connectivity index (χ1v) is 5.56. The third kappa shape index (κ3) is 2.79. The molecule has 1 fully saturated rings. The van der Waals surface area contributed by atoms with Crippen molar-refractivity contribution in [1.29, 1.82) is 0 Å². The molecule has 1 aromatic rings. The van der Waals surface area contributed by atoms with Gasteiger partial charge in [0.2, 0.25) is 11.8 Å². The van der Waals surface area contributed by atoms with Gasteiger partial charge in [-0.2, -0.15) is 4.98 Å². The lowest BCUT2D eigenvalue weighted by Crippen LogP contribution is -2.41. The summed E-state index contributed by atoms with van der Waals surface area (Å²) in [5.74, 6) is 1.26. The Kier molecular flexibility index (Phi) is 3.51. The van der Waals surface area contributed by atoms with Crippen molar-refractivity contribution in [2.45, 2.75) is 32.2 Å². The van der Waals surface area contributed by atoms with Gasteiger partial charge in [0.05, 0.1) is 6.04 Å². The van der Waals surface area contributed by atoms with E-state index in [1.54, 1.807) is 6.92 Å². The molecule has 1 aromatic heterocycles. The number of hydrogen-bond donors (Lipinski definition) is 2. The number of carbonyl (C=O) groups excluding carboxylic acids is 1. The minimum Gasteiger partial charge on any atom is -0.354 e. The summed E-state index contributed by atoms with van der Waals surface area (Å²) in [6, 6.07) is -0.0213. The van der Waals surface area contributed by atoms with Gasteiger partial charge in [-0.1, -0.05) is 5.16 Å². The van der Waals surface area contributed by atoms with E-state index in [1.807, 2.05) is 0 Å². The highest BCUT2D eigenvalue weighted by atomic mass is 16.5. The molecule has 1 atom stereocenters. The van der Waals surface area contributed by atoms with Crippen LogP contribution in [0.1, 0.15) is 24.6 Å². The van der Waals surface area contributed by atoms with Crippen LogP contribution in [0.4, 0.5) is 0 Å². The Morgan fingerprint density at radius 2 is 2.56 bits per heavy atom. The Labute approximate surface area is 93.8 Å². The van der Waals surface area contributed by atoms with Crippen LogP contribution in [-0.4, -0.2) is 35.2 Å². The van der Waals surface area contributed by atoms with Gasteiger partial charge in [-0.15, -0.1) is 0 Å². The smallest absolute Gasteiger partial charge is 0.237 e. The van der Waals surface area contributed by atoms with Crippen LogP contribution in [0.15, 0.2) is 4.52 Å². The van der Waals surface area contributed by atoms with Crippen molar-refractivity contribution in [3.05, 3.63) is 11.7 Å². The number of amides is 1. The maximum atomic E-state index is 11.6. The lowest BCUT2D eigenvalue weighted by atomic mass is 10.2. The van der Waals surface area contributed by atoms with E-state index in [4.69, 9.17) is 4.52 Å². The average molecular weight is 224 g/mol. The first-order valence-electron chi connectivity index (χ1n) is 5.56. The first-order chi connectivity index (χ1) is 7.75. The van der Waals surface area contributed by atoms with Crippen LogP contribution in [-0.2, 0) is 11.2 Å². The molecule has 2 N–H and O–H groups in total. The number of rotatable bonds is 4. The van der Waals surface area contributed by atoms with E-state index in [2.05, 4.69) is 20.8 Å². The molecule has 2 rings (SSSR count). The van der Waals surface area contributed by atoms with Gasteiger partial charge in [-0.25, -0.2) is 0 Å². The molecule has 0 aromatic carbocycles. The van der Waals surface area contributed by atoms with E-state index in [0.29, 0.717) is 24.7 Å². The zero-order valence-corrected chi connectivity index (χ0v) is 9.32. The van der Waals surface area contributed by atoms with Crippen molar-refractivity contribution in [3.63, 3.8) is 0 Å². The Morgan fingerprint density at radius 3 is 3.19 bits per heavy atom. The second-order valence-corrected chi connectivity index (χ2v) is 3.92. The molecule has 6 heteroatoms. The third-order valence-corrected chi connectivity index (χ3v) is 2.59. The van der Waals surface area contributed by atoms with Crippen molar-refractivity contribution >= 4 is 5.91 Å². The summed E-state index contributed by atoms with van der Waals surface area (Å²) in [7, 11) is 0.